The number of nitrogens with zero attached hydrogens (tertiary/aromatic N) is 3. The molecule has 7 nitrogen and oxygen atoms in total. The van der Waals surface area contributed by atoms with Gasteiger partial charge in [0.25, 0.3) is 0 Å². The first-order valence-corrected chi connectivity index (χ1v) is 11.6. The third kappa shape index (κ3) is 5.71. The van der Waals surface area contributed by atoms with Gasteiger partial charge in [-0.25, -0.2) is 4.98 Å². The van der Waals surface area contributed by atoms with Crippen molar-refractivity contribution in [1.29, 1.82) is 0 Å². The average Bonchev–Trinajstić information content (AvgIpc) is 3.46. The molecular weight excluding hydrogens is 404 g/mol. The molecule has 2 aromatic rings. The molecular formula is C25H34N4O3. The minimum absolute atomic E-state index is 0.0137. The zero-order valence-electron chi connectivity index (χ0n) is 19.3. The highest BCUT2D eigenvalue weighted by Gasteiger charge is 2.26. The fourth-order valence-electron chi connectivity index (χ4n) is 4.44. The first kappa shape index (κ1) is 22.4. The minimum Gasteiger partial charge on any atom is -0.489 e. The third-order valence-electron chi connectivity index (χ3n) is 6.18. The largest absolute Gasteiger partial charge is 0.489 e. The van der Waals surface area contributed by atoms with Crippen LogP contribution < -0.4 is 19.9 Å². The van der Waals surface area contributed by atoms with E-state index in [0.717, 1.165) is 68.5 Å². The number of amides is 1. The predicted molar refractivity (Wildman–Crippen MR) is 126 cm³/mol. The number of likely N-dealkylation sites (N-methyl/N-ethyl adjacent to an activating group) is 1. The van der Waals surface area contributed by atoms with Crippen molar-refractivity contribution in [2.24, 2.45) is 0 Å². The summed E-state index contributed by atoms with van der Waals surface area (Å²) in [6.45, 7) is 7.00. The molecule has 1 aromatic heterocycles. The quantitative estimate of drug-likeness (QED) is 0.680. The molecule has 2 aliphatic heterocycles. The SMILES string of the molecule is CC(=O)N[C@@H](C)c1ccc(O[C@@H]2CCN(c3cccc(N(C)C[C@H]4CCCO4)n3)C2)cc1. The van der Waals surface area contributed by atoms with E-state index in [4.69, 9.17) is 14.5 Å². The van der Waals surface area contributed by atoms with Crippen LogP contribution in [0.3, 0.4) is 0 Å². The Morgan fingerprint density at radius 3 is 2.81 bits per heavy atom. The summed E-state index contributed by atoms with van der Waals surface area (Å²) in [7, 11) is 2.08. The first-order chi connectivity index (χ1) is 15.5. The fraction of sp³-hybridized carbons (Fsp3) is 0.520. The molecule has 2 aliphatic rings. The summed E-state index contributed by atoms with van der Waals surface area (Å²) < 4.78 is 12.0. The summed E-state index contributed by atoms with van der Waals surface area (Å²) in [5.41, 5.74) is 1.06. The highest BCUT2D eigenvalue weighted by Crippen LogP contribution is 2.25. The van der Waals surface area contributed by atoms with Crippen LogP contribution in [0, 0.1) is 0 Å². The Labute approximate surface area is 190 Å². The fourth-order valence-corrected chi connectivity index (χ4v) is 4.44. The molecule has 2 fully saturated rings. The van der Waals surface area contributed by atoms with Gasteiger partial charge in [0.1, 0.15) is 23.5 Å². The van der Waals surface area contributed by atoms with Gasteiger partial charge in [-0.3, -0.25) is 4.79 Å². The van der Waals surface area contributed by atoms with E-state index in [1.165, 1.54) is 6.92 Å². The molecule has 7 heteroatoms. The molecule has 1 aromatic carbocycles. The van der Waals surface area contributed by atoms with Crippen LogP contribution in [0.4, 0.5) is 11.6 Å². The molecule has 0 unspecified atom stereocenters. The van der Waals surface area contributed by atoms with Crippen LogP contribution in [0.2, 0.25) is 0 Å². The average molecular weight is 439 g/mol. The number of anilines is 2. The molecule has 1 amide bonds. The van der Waals surface area contributed by atoms with Crippen LogP contribution in [-0.4, -0.2) is 56.4 Å². The molecule has 3 heterocycles. The number of ether oxygens (including phenoxy) is 2. The first-order valence-electron chi connectivity index (χ1n) is 11.6. The van der Waals surface area contributed by atoms with Crippen molar-refractivity contribution in [2.45, 2.75) is 51.4 Å². The number of carbonyl (C=O) groups excluding carboxylic acids is 1. The molecule has 0 spiro atoms. The number of rotatable bonds is 8. The Bertz CT molecular complexity index is 898. The van der Waals surface area contributed by atoms with Crippen LogP contribution in [-0.2, 0) is 9.53 Å². The Balaban J connectivity index is 1.32. The van der Waals surface area contributed by atoms with Gasteiger partial charge in [-0.05, 0) is 49.6 Å². The minimum atomic E-state index is -0.0281. The number of hydrogen-bond donors (Lipinski definition) is 1. The van der Waals surface area contributed by atoms with Gasteiger partial charge in [0, 0.05) is 40.1 Å². The van der Waals surface area contributed by atoms with Gasteiger partial charge in [0.15, 0.2) is 0 Å². The monoisotopic (exact) mass is 438 g/mol. The Hall–Kier alpha value is -2.80. The molecule has 0 radical (unpaired) electrons. The number of nitrogens with one attached hydrogen (secondary N) is 1. The zero-order chi connectivity index (χ0) is 22.5. The van der Waals surface area contributed by atoms with Crippen LogP contribution in [0.25, 0.3) is 0 Å². The van der Waals surface area contributed by atoms with Crippen molar-refractivity contribution in [1.82, 2.24) is 10.3 Å². The van der Waals surface area contributed by atoms with Gasteiger partial charge in [-0.2, -0.15) is 0 Å². The second-order valence-electron chi connectivity index (χ2n) is 8.84. The van der Waals surface area contributed by atoms with E-state index >= 15 is 0 Å². The molecule has 2 saturated heterocycles. The van der Waals surface area contributed by atoms with Gasteiger partial charge in [0.2, 0.25) is 5.91 Å². The lowest BCUT2D eigenvalue weighted by Gasteiger charge is -2.24. The number of aromatic nitrogens is 1. The third-order valence-corrected chi connectivity index (χ3v) is 6.18. The number of hydrogen-bond acceptors (Lipinski definition) is 6. The van der Waals surface area contributed by atoms with E-state index in [2.05, 4.69) is 40.4 Å². The smallest absolute Gasteiger partial charge is 0.217 e. The van der Waals surface area contributed by atoms with Crippen LogP contribution in [0.5, 0.6) is 5.75 Å². The van der Waals surface area contributed by atoms with Crippen molar-refractivity contribution in [2.75, 3.05) is 43.1 Å². The predicted octanol–water partition coefficient (Wildman–Crippen LogP) is 3.55. The molecule has 0 bridgehead atoms. The highest BCUT2D eigenvalue weighted by molar-refractivity contribution is 5.73. The van der Waals surface area contributed by atoms with Gasteiger partial charge in [-0.15, -0.1) is 0 Å². The topological polar surface area (TPSA) is 66.9 Å². The number of benzene rings is 1. The number of carbonyl (C=O) groups is 1. The number of pyridine rings is 1. The van der Waals surface area contributed by atoms with Gasteiger partial charge in [0.05, 0.1) is 18.7 Å². The summed E-state index contributed by atoms with van der Waals surface area (Å²) in [4.78, 5) is 20.6. The molecule has 4 rings (SSSR count). The zero-order valence-corrected chi connectivity index (χ0v) is 19.3. The highest BCUT2D eigenvalue weighted by atomic mass is 16.5. The van der Waals surface area contributed by atoms with Crippen LogP contribution in [0.1, 0.15) is 44.7 Å². The van der Waals surface area contributed by atoms with Crippen molar-refractivity contribution >= 4 is 17.5 Å². The van der Waals surface area contributed by atoms with E-state index in [1.54, 1.807) is 0 Å². The molecule has 32 heavy (non-hydrogen) atoms. The van der Waals surface area contributed by atoms with Gasteiger partial charge < -0.3 is 24.6 Å². The van der Waals surface area contributed by atoms with Crippen molar-refractivity contribution in [3.8, 4) is 5.75 Å². The van der Waals surface area contributed by atoms with Crippen LogP contribution >= 0.6 is 0 Å². The summed E-state index contributed by atoms with van der Waals surface area (Å²) in [6.07, 6.45) is 3.67. The summed E-state index contributed by atoms with van der Waals surface area (Å²) in [5.74, 6) is 2.80. The van der Waals surface area contributed by atoms with E-state index in [9.17, 15) is 4.79 Å². The summed E-state index contributed by atoms with van der Waals surface area (Å²) in [5, 5.41) is 2.90. The molecule has 1 N–H and O–H groups in total. The second-order valence-corrected chi connectivity index (χ2v) is 8.84. The Morgan fingerprint density at radius 1 is 1.28 bits per heavy atom. The van der Waals surface area contributed by atoms with Gasteiger partial charge in [-0.1, -0.05) is 18.2 Å². The molecule has 3 atom stereocenters. The summed E-state index contributed by atoms with van der Waals surface area (Å²) in [6, 6.07) is 14.2. The molecule has 0 aliphatic carbocycles. The maximum absolute atomic E-state index is 11.3. The normalized spacial score (nSPS) is 21.4. The van der Waals surface area contributed by atoms with Crippen molar-refractivity contribution in [3.05, 3.63) is 48.0 Å². The Kier molecular flexibility index (Phi) is 7.15. The maximum Gasteiger partial charge on any atom is 0.217 e. The lowest BCUT2D eigenvalue weighted by molar-refractivity contribution is -0.119. The molecule has 0 saturated carbocycles. The van der Waals surface area contributed by atoms with Crippen molar-refractivity contribution < 1.29 is 14.3 Å². The second kappa shape index (κ2) is 10.2. The van der Waals surface area contributed by atoms with E-state index in [0.29, 0.717) is 6.10 Å². The van der Waals surface area contributed by atoms with Gasteiger partial charge >= 0.3 is 0 Å². The summed E-state index contributed by atoms with van der Waals surface area (Å²) >= 11 is 0. The van der Waals surface area contributed by atoms with E-state index < -0.39 is 0 Å². The standard InChI is InChI=1S/C25H34N4O3/c1-18(26-19(2)30)20-9-11-21(12-10-20)32-23-13-14-29(17-23)25-8-4-7-24(27-25)28(3)16-22-6-5-15-31-22/h4,7-12,18,22-23H,5-6,13-17H2,1-3H3,(H,26,30)/t18-,22+,23+/m0/s1. The maximum atomic E-state index is 11.3. The van der Waals surface area contributed by atoms with E-state index in [-0.39, 0.29) is 18.1 Å². The lowest BCUT2D eigenvalue weighted by atomic mass is 10.1. The lowest BCUT2D eigenvalue weighted by Crippen LogP contribution is -2.30. The van der Waals surface area contributed by atoms with Crippen LogP contribution in [0.15, 0.2) is 42.5 Å². The molecule has 172 valence electrons. The Morgan fingerprint density at radius 2 is 2.09 bits per heavy atom. The van der Waals surface area contributed by atoms with E-state index in [1.807, 2.05) is 31.2 Å². The van der Waals surface area contributed by atoms with Crippen molar-refractivity contribution in [3.63, 3.8) is 0 Å².